The van der Waals surface area contributed by atoms with E-state index in [1.807, 2.05) is 0 Å². The van der Waals surface area contributed by atoms with Crippen molar-refractivity contribution in [1.29, 1.82) is 0 Å². The minimum Gasteiger partial charge on any atom is -0.103 e. The lowest BCUT2D eigenvalue weighted by atomic mass is 9.68. The van der Waals surface area contributed by atoms with Crippen molar-refractivity contribution in [2.45, 2.75) is 59.3 Å². The van der Waals surface area contributed by atoms with Gasteiger partial charge in [0.05, 0.1) is 0 Å². The number of rotatable bonds is 5. The van der Waals surface area contributed by atoms with Gasteiger partial charge in [-0.2, -0.15) is 0 Å². The molecule has 0 bridgehead atoms. The fourth-order valence-electron chi connectivity index (χ4n) is 3.26. The molecule has 3 unspecified atom stereocenters. The minimum absolute atomic E-state index is 0.881. The molecule has 0 heterocycles. The molecule has 1 saturated carbocycles. The standard InChI is InChI=1S/C15H28/c1-5-6-7-8-14-11-13(4)9-10-15(14)12(2)3/h5,12-15H,1,6-11H2,2-4H3. The first-order valence-electron chi connectivity index (χ1n) is 6.76. The third-order valence-corrected chi connectivity index (χ3v) is 4.14. The highest BCUT2D eigenvalue weighted by Crippen LogP contribution is 2.40. The molecule has 1 fully saturated rings. The monoisotopic (exact) mass is 208 g/mol. The predicted octanol–water partition coefficient (Wildman–Crippen LogP) is 5.05. The second-order valence-electron chi connectivity index (χ2n) is 5.81. The molecule has 0 aromatic rings. The average Bonchev–Trinajstić information content (AvgIpc) is 2.18. The van der Waals surface area contributed by atoms with Crippen molar-refractivity contribution in [1.82, 2.24) is 0 Å². The topological polar surface area (TPSA) is 0 Å². The van der Waals surface area contributed by atoms with E-state index in [4.69, 9.17) is 0 Å². The summed E-state index contributed by atoms with van der Waals surface area (Å²) in [4.78, 5) is 0. The lowest BCUT2D eigenvalue weighted by molar-refractivity contribution is 0.134. The summed E-state index contributed by atoms with van der Waals surface area (Å²) in [6.45, 7) is 11.0. The highest BCUT2D eigenvalue weighted by Gasteiger charge is 2.29. The van der Waals surface area contributed by atoms with Gasteiger partial charge < -0.3 is 0 Å². The van der Waals surface area contributed by atoms with Crippen molar-refractivity contribution < 1.29 is 0 Å². The van der Waals surface area contributed by atoms with Crippen LogP contribution in [0.4, 0.5) is 0 Å². The van der Waals surface area contributed by atoms with Crippen LogP contribution in [0.5, 0.6) is 0 Å². The first-order valence-corrected chi connectivity index (χ1v) is 6.76. The Morgan fingerprint density at radius 2 is 2.07 bits per heavy atom. The van der Waals surface area contributed by atoms with Crippen LogP contribution >= 0.6 is 0 Å². The summed E-state index contributed by atoms with van der Waals surface area (Å²) in [6.07, 6.45) is 10.5. The molecule has 0 N–H and O–H groups in total. The smallest absolute Gasteiger partial charge is 0.0353 e. The Morgan fingerprint density at radius 3 is 2.67 bits per heavy atom. The van der Waals surface area contributed by atoms with Crippen molar-refractivity contribution in [3.63, 3.8) is 0 Å². The highest BCUT2D eigenvalue weighted by molar-refractivity contribution is 4.81. The van der Waals surface area contributed by atoms with Gasteiger partial charge in [0, 0.05) is 0 Å². The van der Waals surface area contributed by atoms with Crippen LogP contribution in [0.1, 0.15) is 59.3 Å². The van der Waals surface area contributed by atoms with Gasteiger partial charge in [-0.05, 0) is 55.8 Å². The fraction of sp³-hybridized carbons (Fsp3) is 0.867. The summed E-state index contributed by atoms with van der Waals surface area (Å²) >= 11 is 0. The van der Waals surface area contributed by atoms with E-state index in [0.717, 1.165) is 23.7 Å². The highest BCUT2D eigenvalue weighted by atomic mass is 14.3. The van der Waals surface area contributed by atoms with Gasteiger partial charge in [0.25, 0.3) is 0 Å². The molecular weight excluding hydrogens is 180 g/mol. The molecule has 88 valence electrons. The van der Waals surface area contributed by atoms with E-state index < -0.39 is 0 Å². The third kappa shape index (κ3) is 4.01. The number of hydrogen-bond acceptors (Lipinski definition) is 0. The molecule has 0 aliphatic heterocycles. The molecule has 0 radical (unpaired) electrons. The molecule has 3 atom stereocenters. The maximum atomic E-state index is 3.81. The summed E-state index contributed by atoms with van der Waals surface area (Å²) in [5.74, 6) is 3.83. The van der Waals surface area contributed by atoms with E-state index in [0.29, 0.717) is 0 Å². The minimum atomic E-state index is 0.881. The van der Waals surface area contributed by atoms with E-state index in [9.17, 15) is 0 Å². The lowest BCUT2D eigenvalue weighted by Crippen LogP contribution is -2.27. The molecule has 0 nitrogen and oxygen atoms in total. The van der Waals surface area contributed by atoms with Gasteiger partial charge in [-0.3, -0.25) is 0 Å². The SMILES string of the molecule is C=CCCCC1CC(C)CCC1C(C)C. The zero-order chi connectivity index (χ0) is 11.3. The molecule has 0 spiro atoms. The summed E-state index contributed by atoms with van der Waals surface area (Å²) in [5.41, 5.74) is 0. The van der Waals surface area contributed by atoms with Gasteiger partial charge in [-0.1, -0.05) is 33.3 Å². The first-order chi connectivity index (χ1) is 7.15. The normalized spacial score (nSPS) is 31.9. The molecule has 0 saturated heterocycles. The first kappa shape index (κ1) is 12.8. The maximum Gasteiger partial charge on any atom is -0.0353 e. The van der Waals surface area contributed by atoms with Crippen molar-refractivity contribution in [2.24, 2.45) is 23.7 Å². The van der Waals surface area contributed by atoms with E-state index >= 15 is 0 Å². The van der Waals surface area contributed by atoms with Crippen molar-refractivity contribution in [3.05, 3.63) is 12.7 Å². The maximum absolute atomic E-state index is 3.81. The van der Waals surface area contributed by atoms with Crippen molar-refractivity contribution in [2.75, 3.05) is 0 Å². The summed E-state index contributed by atoms with van der Waals surface area (Å²) < 4.78 is 0. The fourth-order valence-corrected chi connectivity index (χ4v) is 3.26. The van der Waals surface area contributed by atoms with Crippen molar-refractivity contribution >= 4 is 0 Å². The van der Waals surface area contributed by atoms with E-state index in [1.54, 1.807) is 0 Å². The number of hydrogen-bond donors (Lipinski definition) is 0. The van der Waals surface area contributed by atoms with Gasteiger partial charge in [-0.15, -0.1) is 6.58 Å². The lowest BCUT2D eigenvalue weighted by Gasteiger charge is -2.37. The van der Waals surface area contributed by atoms with Gasteiger partial charge in [0.15, 0.2) is 0 Å². The molecule has 0 amide bonds. The average molecular weight is 208 g/mol. The molecular formula is C15H28. The Kier molecular flexibility index (Phi) is 5.42. The van der Waals surface area contributed by atoms with Gasteiger partial charge in [0.2, 0.25) is 0 Å². The van der Waals surface area contributed by atoms with Crippen LogP contribution in [0.15, 0.2) is 12.7 Å². The van der Waals surface area contributed by atoms with E-state index in [-0.39, 0.29) is 0 Å². The number of allylic oxidation sites excluding steroid dienone is 1. The van der Waals surface area contributed by atoms with Crippen molar-refractivity contribution in [3.8, 4) is 0 Å². The van der Waals surface area contributed by atoms with Crippen LogP contribution in [0.2, 0.25) is 0 Å². The largest absolute Gasteiger partial charge is 0.103 e. The second-order valence-corrected chi connectivity index (χ2v) is 5.81. The van der Waals surface area contributed by atoms with E-state index in [2.05, 4.69) is 33.4 Å². The molecule has 0 heteroatoms. The molecule has 15 heavy (non-hydrogen) atoms. The quantitative estimate of drug-likeness (QED) is 0.438. The zero-order valence-electron chi connectivity index (χ0n) is 10.8. The Hall–Kier alpha value is -0.260. The Labute approximate surface area is 96.2 Å². The Morgan fingerprint density at radius 1 is 1.33 bits per heavy atom. The molecule has 0 aromatic heterocycles. The zero-order valence-corrected chi connectivity index (χ0v) is 10.8. The molecule has 1 aliphatic carbocycles. The van der Waals surface area contributed by atoms with Gasteiger partial charge >= 0.3 is 0 Å². The van der Waals surface area contributed by atoms with Crippen LogP contribution in [-0.2, 0) is 0 Å². The van der Waals surface area contributed by atoms with E-state index in [1.165, 1.54) is 38.5 Å². The Balaban J connectivity index is 2.42. The molecule has 1 aliphatic rings. The molecule has 0 aromatic carbocycles. The second kappa shape index (κ2) is 6.35. The van der Waals surface area contributed by atoms with Gasteiger partial charge in [-0.25, -0.2) is 0 Å². The van der Waals surface area contributed by atoms with Crippen LogP contribution in [0.3, 0.4) is 0 Å². The van der Waals surface area contributed by atoms with Crippen LogP contribution in [-0.4, -0.2) is 0 Å². The van der Waals surface area contributed by atoms with Crippen LogP contribution < -0.4 is 0 Å². The summed E-state index contributed by atoms with van der Waals surface area (Å²) in [7, 11) is 0. The van der Waals surface area contributed by atoms with Crippen LogP contribution in [0, 0.1) is 23.7 Å². The van der Waals surface area contributed by atoms with Crippen LogP contribution in [0.25, 0.3) is 0 Å². The molecule has 1 rings (SSSR count). The summed E-state index contributed by atoms with van der Waals surface area (Å²) in [5, 5.41) is 0. The summed E-state index contributed by atoms with van der Waals surface area (Å²) in [6, 6.07) is 0. The predicted molar refractivity (Wildman–Crippen MR) is 68.9 cm³/mol. The van der Waals surface area contributed by atoms with Gasteiger partial charge in [0.1, 0.15) is 0 Å². The Bertz CT molecular complexity index is 180. The number of unbranched alkanes of at least 4 members (excludes halogenated alkanes) is 1. The third-order valence-electron chi connectivity index (χ3n) is 4.14.